The Labute approximate surface area is 118 Å². The van der Waals surface area contributed by atoms with Gasteiger partial charge < -0.3 is 0 Å². The van der Waals surface area contributed by atoms with Crippen LogP contribution in [0.3, 0.4) is 0 Å². The molecule has 0 heterocycles. The first-order chi connectivity index (χ1) is 6.95. The maximum Gasteiger partial charge on any atom is 0.0692 e. The quantitative estimate of drug-likeness (QED) is 0.564. The average molecular weight is 315 g/mol. The fourth-order valence-electron chi connectivity index (χ4n) is 1.23. The molecule has 0 aliphatic rings. The van der Waals surface area contributed by atoms with Crippen molar-refractivity contribution in [1.29, 1.82) is 0 Å². The van der Waals surface area contributed by atoms with Crippen molar-refractivity contribution in [1.82, 2.24) is 0 Å². The minimum absolute atomic E-state index is 0.152. The highest BCUT2D eigenvalue weighted by atomic mass is 35.5. The molecule has 15 heavy (non-hydrogen) atoms. The summed E-state index contributed by atoms with van der Waals surface area (Å²) in [6, 6.07) is 0. The van der Waals surface area contributed by atoms with Crippen LogP contribution in [0.4, 0.5) is 0 Å². The van der Waals surface area contributed by atoms with E-state index in [1.54, 1.807) is 0 Å². The summed E-state index contributed by atoms with van der Waals surface area (Å²) in [6.07, 6.45) is 2.58. The highest BCUT2D eigenvalue weighted by Crippen LogP contribution is 2.30. The van der Waals surface area contributed by atoms with Gasteiger partial charge in [-0.15, -0.1) is 58.0 Å². The van der Waals surface area contributed by atoms with Crippen molar-refractivity contribution in [2.24, 2.45) is 0 Å². The molecular formula is C10H17Cl5. The first kappa shape index (κ1) is 16.4. The molecule has 0 saturated carbocycles. The van der Waals surface area contributed by atoms with Gasteiger partial charge in [0.05, 0.1) is 26.9 Å². The van der Waals surface area contributed by atoms with Gasteiger partial charge in [-0.2, -0.15) is 0 Å². The summed E-state index contributed by atoms with van der Waals surface area (Å²) in [4.78, 5) is 0. The Balaban J connectivity index is 4.22. The molecular weight excluding hydrogens is 297 g/mol. The number of hydrogen-bond acceptors (Lipinski definition) is 0. The van der Waals surface area contributed by atoms with Gasteiger partial charge in [0, 0.05) is 0 Å². The predicted octanol–water partition coefficient (Wildman–Crippen LogP) is 5.23. The zero-order chi connectivity index (χ0) is 12.0. The van der Waals surface area contributed by atoms with Crippen LogP contribution in [-0.4, -0.2) is 26.9 Å². The minimum Gasteiger partial charge on any atom is -0.121 e. The molecule has 0 aromatic rings. The van der Waals surface area contributed by atoms with E-state index in [1.807, 2.05) is 6.92 Å². The summed E-state index contributed by atoms with van der Waals surface area (Å²) in [5, 5.41) is -1.41. The molecule has 0 rings (SSSR count). The molecule has 0 aliphatic heterocycles. The first-order valence-corrected chi connectivity index (χ1v) is 7.34. The van der Waals surface area contributed by atoms with Crippen LogP contribution in [-0.2, 0) is 0 Å². The Morgan fingerprint density at radius 1 is 0.733 bits per heavy atom. The van der Waals surface area contributed by atoms with Crippen LogP contribution in [0.25, 0.3) is 0 Å². The summed E-state index contributed by atoms with van der Waals surface area (Å²) >= 11 is 30.5. The lowest BCUT2D eigenvalue weighted by molar-refractivity contribution is 0.613. The van der Waals surface area contributed by atoms with Gasteiger partial charge in [-0.05, 0) is 12.8 Å². The third-order valence-electron chi connectivity index (χ3n) is 2.25. The smallest absolute Gasteiger partial charge is 0.0692 e. The van der Waals surface area contributed by atoms with Gasteiger partial charge in [-0.3, -0.25) is 0 Å². The van der Waals surface area contributed by atoms with Gasteiger partial charge in [-0.25, -0.2) is 0 Å². The topological polar surface area (TPSA) is 0 Å². The van der Waals surface area contributed by atoms with Gasteiger partial charge in [-0.1, -0.05) is 20.3 Å². The Morgan fingerprint density at radius 3 is 1.60 bits per heavy atom. The van der Waals surface area contributed by atoms with E-state index >= 15 is 0 Å². The van der Waals surface area contributed by atoms with E-state index in [0.29, 0.717) is 0 Å². The van der Waals surface area contributed by atoms with E-state index in [0.717, 1.165) is 19.3 Å². The standard InChI is InChI=1S/C10H17Cl5/c1-3-5-7(12)9(14)10(15)8(13)6(11)4-2/h6-10H,3-5H2,1-2H3. The molecule has 5 atom stereocenters. The van der Waals surface area contributed by atoms with Gasteiger partial charge in [0.1, 0.15) is 0 Å². The highest BCUT2D eigenvalue weighted by molar-refractivity contribution is 6.39. The summed E-state index contributed by atoms with van der Waals surface area (Å²) in [5.41, 5.74) is 0. The molecule has 5 heteroatoms. The van der Waals surface area contributed by atoms with Crippen molar-refractivity contribution >= 4 is 58.0 Å². The van der Waals surface area contributed by atoms with Crippen molar-refractivity contribution in [2.75, 3.05) is 0 Å². The third-order valence-corrected chi connectivity index (χ3v) is 5.53. The van der Waals surface area contributed by atoms with Crippen LogP contribution in [0.1, 0.15) is 33.1 Å². The lowest BCUT2D eigenvalue weighted by atomic mass is 10.1. The predicted molar refractivity (Wildman–Crippen MR) is 73.4 cm³/mol. The number of rotatable bonds is 7. The molecule has 0 amide bonds. The Morgan fingerprint density at radius 2 is 1.20 bits per heavy atom. The SMILES string of the molecule is CCCC(Cl)C(Cl)C(Cl)C(Cl)C(Cl)CC. The van der Waals surface area contributed by atoms with Crippen molar-refractivity contribution in [3.63, 3.8) is 0 Å². The third kappa shape index (κ3) is 5.55. The fourth-order valence-corrected chi connectivity index (χ4v) is 2.96. The molecule has 0 N–H and O–H groups in total. The minimum atomic E-state index is -0.398. The average Bonchev–Trinajstić information content (AvgIpc) is 2.25. The zero-order valence-electron chi connectivity index (χ0n) is 8.90. The van der Waals surface area contributed by atoms with Crippen molar-refractivity contribution in [2.45, 2.75) is 60.0 Å². The first-order valence-electron chi connectivity index (χ1n) is 5.16. The van der Waals surface area contributed by atoms with Gasteiger partial charge in [0.15, 0.2) is 0 Å². The largest absolute Gasteiger partial charge is 0.121 e. The second-order valence-electron chi connectivity index (χ2n) is 3.56. The normalized spacial score (nSPS) is 21.8. The fraction of sp³-hybridized carbons (Fsp3) is 1.00. The Bertz CT molecular complexity index is 164. The number of halogens is 5. The lowest BCUT2D eigenvalue weighted by Gasteiger charge is -2.26. The van der Waals surface area contributed by atoms with E-state index in [9.17, 15) is 0 Å². The van der Waals surface area contributed by atoms with Gasteiger partial charge >= 0.3 is 0 Å². The molecule has 0 aromatic carbocycles. The molecule has 92 valence electrons. The highest BCUT2D eigenvalue weighted by Gasteiger charge is 2.33. The summed E-state index contributed by atoms with van der Waals surface area (Å²) in [6.45, 7) is 4.01. The summed E-state index contributed by atoms with van der Waals surface area (Å²) in [7, 11) is 0. The summed E-state index contributed by atoms with van der Waals surface area (Å²) in [5.74, 6) is 0. The number of alkyl halides is 5. The van der Waals surface area contributed by atoms with E-state index in [-0.39, 0.29) is 21.5 Å². The molecule has 0 nitrogen and oxygen atoms in total. The molecule has 0 fully saturated rings. The van der Waals surface area contributed by atoms with E-state index in [1.165, 1.54) is 0 Å². The zero-order valence-corrected chi connectivity index (χ0v) is 12.7. The van der Waals surface area contributed by atoms with Crippen molar-refractivity contribution < 1.29 is 0 Å². The molecule has 0 aromatic heterocycles. The number of hydrogen-bond donors (Lipinski definition) is 0. The second-order valence-corrected chi connectivity index (χ2v) is 6.20. The molecule has 0 bridgehead atoms. The van der Waals surface area contributed by atoms with Gasteiger partial charge in [0.2, 0.25) is 0 Å². The van der Waals surface area contributed by atoms with E-state index in [2.05, 4.69) is 6.92 Å². The maximum atomic E-state index is 6.15. The van der Waals surface area contributed by atoms with E-state index < -0.39 is 5.38 Å². The lowest BCUT2D eigenvalue weighted by Crippen LogP contribution is -2.36. The molecule has 0 saturated heterocycles. The van der Waals surface area contributed by atoms with E-state index in [4.69, 9.17) is 58.0 Å². The summed E-state index contributed by atoms with van der Waals surface area (Å²) < 4.78 is 0. The Kier molecular flexibility index (Phi) is 9.35. The second kappa shape index (κ2) is 8.53. The van der Waals surface area contributed by atoms with Crippen LogP contribution in [0, 0.1) is 0 Å². The molecule has 0 aliphatic carbocycles. The van der Waals surface area contributed by atoms with Crippen LogP contribution in [0.15, 0.2) is 0 Å². The molecule has 0 radical (unpaired) electrons. The van der Waals surface area contributed by atoms with Gasteiger partial charge in [0.25, 0.3) is 0 Å². The van der Waals surface area contributed by atoms with Crippen LogP contribution in [0.5, 0.6) is 0 Å². The van der Waals surface area contributed by atoms with Crippen LogP contribution in [0.2, 0.25) is 0 Å². The monoisotopic (exact) mass is 312 g/mol. The maximum absolute atomic E-state index is 6.15. The van der Waals surface area contributed by atoms with Crippen molar-refractivity contribution in [3.05, 3.63) is 0 Å². The Hall–Kier alpha value is 1.45. The van der Waals surface area contributed by atoms with Crippen LogP contribution < -0.4 is 0 Å². The molecule has 5 unspecified atom stereocenters. The van der Waals surface area contributed by atoms with Crippen molar-refractivity contribution in [3.8, 4) is 0 Å². The molecule has 0 spiro atoms. The van der Waals surface area contributed by atoms with Crippen LogP contribution >= 0.6 is 58.0 Å².